The van der Waals surface area contributed by atoms with Gasteiger partial charge in [-0.15, -0.1) is 0 Å². The predicted molar refractivity (Wildman–Crippen MR) is 127 cm³/mol. The molecule has 0 aromatic heterocycles. The summed E-state index contributed by atoms with van der Waals surface area (Å²) in [4.78, 5) is 0. The van der Waals surface area contributed by atoms with Crippen LogP contribution in [0, 0.1) is 0 Å². The maximum absolute atomic E-state index is 6.73. The molecule has 0 radical (unpaired) electrons. The third-order valence-electron chi connectivity index (χ3n) is 5.41. The van der Waals surface area contributed by atoms with Crippen molar-refractivity contribution in [2.75, 3.05) is 13.2 Å². The van der Waals surface area contributed by atoms with Crippen LogP contribution in [0.1, 0.15) is 78.1 Å². The first-order chi connectivity index (χ1) is 14.3. The summed E-state index contributed by atoms with van der Waals surface area (Å²) in [5, 5.41) is 2.43. The van der Waals surface area contributed by atoms with Gasteiger partial charge >= 0.3 is 8.56 Å². The molecule has 2 aromatic carbocycles. The zero-order valence-corrected chi connectivity index (χ0v) is 19.6. The molecule has 3 heteroatoms. The van der Waals surface area contributed by atoms with Crippen LogP contribution in [0.3, 0.4) is 0 Å². The normalized spacial score (nSPS) is 11.7. The summed E-state index contributed by atoms with van der Waals surface area (Å²) >= 11 is 0. The van der Waals surface area contributed by atoms with Crippen LogP contribution in [0.25, 0.3) is 0 Å². The smallest absolute Gasteiger partial charge is 0.388 e. The van der Waals surface area contributed by atoms with Crippen LogP contribution in [0.15, 0.2) is 60.7 Å². The van der Waals surface area contributed by atoms with E-state index >= 15 is 0 Å². The number of benzene rings is 2. The van der Waals surface area contributed by atoms with Crippen LogP contribution in [0.5, 0.6) is 0 Å². The van der Waals surface area contributed by atoms with Gasteiger partial charge in [-0.1, -0.05) is 126 Å². The highest BCUT2D eigenvalue weighted by Gasteiger charge is 2.42. The first-order valence-corrected chi connectivity index (χ1v) is 13.5. The van der Waals surface area contributed by atoms with Crippen molar-refractivity contribution in [2.24, 2.45) is 0 Å². The fourth-order valence-corrected chi connectivity index (χ4v) is 6.91. The lowest BCUT2D eigenvalue weighted by atomic mass is 10.2. The van der Waals surface area contributed by atoms with Gasteiger partial charge in [0.25, 0.3) is 0 Å². The molecule has 0 bridgehead atoms. The monoisotopic (exact) mass is 412 g/mol. The topological polar surface area (TPSA) is 18.5 Å². The summed E-state index contributed by atoms with van der Waals surface area (Å²) in [6.07, 6.45) is 12.4. The molecule has 0 heterocycles. The first kappa shape index (κ1) is 23.9. The Labute approximate surface area is 179 Å². The molecule has 0 fully saturated rings. The van der Waals surface area contributed by atoms with E-state index in [1.165, 1.54) is 61.7 Å². The molecule has 0 aliphatic carbocycles. The van der Waals surface area contributed by atoms with E-state index in [4.69, 9.17) is 8.85 Å². The van der Waals surface area contributed by atoms with Gasteiger partial charge in [-0.3, -0.25) is 0 Å². The van der Waals surface area contributed by atoms with E-state index in [9.17, 15) is 0 Å². The first-order valence-electron chi connectivity index (χ1n) is 11.7. The zero-order chi connectivity index (χ0) is 20.6. The molecule has 0 amide bonds. The van der Waals surface area contributed by atoms with E-state index in [1.807, 2.05) is 0 Å². The highest BCUT2D eigenvalue weighted by molar-refractivity contribution is 6.92. The molecule has 2 rings (SSSR count). The lowest BCUT2D eigenvalue weighted by Crippen LogP contribution is -2.63. The Morgan fingerprint density at radius 1 is 0.517 bits per heavy atom. The van der Waals surface area contributed by atoms with Crippen LogP contribution in [-0.4, -0.2) is 21.8 Å². The lowest BCUT2D eigenvalue weighted by molar-refractivity contribution is 0.184. The number of hydrogen-bond acceptors (Lipinski definition) is 2. The zero-order valence-electron chi connectivity index (χ0n) is 18.6. The Morgan fingerprint density at radius 2 is 0.897 bits per heavy atom. The number of hydrogen-bond donors (Lipinski definition) is 0. The average Bonchev–Trinajstić information content (AvgIpc) is 2.78. The third-order valence-corrected chi connectivity index (χ3v) is 8.82. The molecular weight excluding hydrogens is 372 g/mol. The van der Waals surface area contributed by atoms with Crippen molar-refractivity contribution in [3.63, 3.8) is 0 Å². The summed E-state index contributed by atoms with van der Waals surface area (Å²) < 4.78 is 13.5. The van der Waals surface area contributed by atoms with Gasteiger partial charge in [0.15, 0.2) is 0 Å². The van der Waals surface area contributed by atoms with E-state index in [0.29, 0.717) is 0 Å². The highest BCUT2D eigenvalue weighted by Crippen LogP contribution is 2.14. The van der Waals surface area contributed by atoms with Gasteiger partial charge < -0.3 is 8.85 Å². The van der Waals surface area contributed by atoms with Crippen LogP contribution in [0.2, 0.25) is 0 Å². The van der Waals surface area contributed by atoms with E-state index < -0.39 is 8.56 Å². The predicted octanol–water partition coefficient (Wildman–Crippen LogP) is 6.22. The molecule has 0 saturated carbocycles. The van der Waals surface area contributed by atoms with E-state index in [2.05, 4.69) is 74.5 Å². The number of unbranched alkanes of at least 4 members (excludes halogenated alkanes) is 8. The Bertz CT molecular complexity index is 572. The van der Waals surface area contributed by atoms with Crippen molar-refractivity contribution in [3.8, 4) is 0 Å². The largest absolute Gasteiger partial charge is 0.407 e. The fourth-order valence-electron chi connectivity index (χ4n) is 3.70. The minimum Gasteiger partial charge on any atom is -0.388 e. The molecule has 29 heavy (non-hydrogen) atoms. The quantitative estimate of drug-likeness (QED) is 0.241. The van der Waals surface area contributed by atoms with Gasteiger partial charge in [0.2, 0.25) is 0 Å². The van der Waals surface area contributed by atoms with Crippen LogP contribution >= 0.6 is 0 Å². The summed E-state index contributed by atoms with van der Waals surface area (Å²) in [5.74, 6) is 0. The molecule has 160 valence electrons. The van der Waals surface area contributed by atoms with Crippen molar-refractivity contribution >= 4 is 18.9 Å². The van der Waals surface area contributed by atoms with Crippen molar-refractivity contribution < 1.29 is 8.85 Å². The Morgan fingerprint density at radius 3 is 1.28 bits per heavy atom. The van der Waals surface area contributed by atoms with Gasteiger partial charge in [0.05, 0.1) is 0 Å². The molecule has 0 unspecified atom stereocenters. The van der Waals surface area contributed by atoms with E-state index in [0.717, 1.165) is 26.1 Å². The number of rotatable bonds is 16. The summed E-state index contributed by atoms with van der Waals surface area (Å²) in [7, 11) is -2.68. The molecular formula is C26H40O2Si. The van der Waals surface area contributed by atoms with Crippen molar-refractivity contribution in [2.45, 2.75) is 78.1 Å². The standard InChI is InChI=1S/C26H40O2Si/c1-3-5-7-9-17-23-27-29(25-19-13-11-14-20-25,26-21-15-12-16-22-26)28-24-18-10-8-6-4-2/h11-16,19-22H,3-10,17-18,23-24H2,1-2H3. The molecule has 0 aliphatic heterocycles. The Kier molecular flexibility index (Phi) is 12.0. The third kappa shape index (κ3) is 8.08. The summed E-state index contributed by atoms with van der Waals surface area (Å²) in [6, 6.07) is 21.3. The highest BCUT2D eigenvalue weighted by atomic mass is 28.4. The van der Waals surface area contributed by atoms with Gasteiger partial charge in [-0.05, 0) is 23.2 Å². The van der Waals surface area contributed by atoms with Gasteiger partial charge in [-0.25, -0.2) is 0 Å². The molecule has 2 aromatic rings. The van der Waals surface area contributed by atoms with E-state index in [1.54, 1.807) is 0 Å². The van der Waals surface area contributed by atoms with Gasteiger partial charge in [-0.2, -0.15) is 0 Å². The molecule has 0 aliphatic rings. The second kappa shape index (κ2) is 14.5. The van der Waals surface area contributed by atoms with Crippen LogP contribution in [-0.2, 0) is 8.85 Å². The van der Waals surface area contributed by atoms with Crippen molar-refractivity contribution in [1.82, 2.24) is 0 Å². The Hall–Kier alpha value is -1.42. The van der Waals surface area contributed by atoms with Crippen LogP contribution < -0.4 is 10.4 Å². The Balaban J connectivity index is 2.13. The van der Waals surface area contributed by atoms with Crippen molar-refractivity contribution in [1.29, 1.82) is 0 Å². The average molecular weight is 413 g/mol. The fraction of sp³-hybridized carbons (Fsp3) is 0.538. The van der Waals surface area contributed by atoms with E-state index in [-0.39, 0.29) is 0 Å². The second-order valence-electron chi connectivity index (χ2n) is 7.87. The molecule has 0 spiro atoms. The molecule has 0 atom stereocenters. The maximum atomic E-state index is 6.73. The van der Waals surface area contributed by atoms with Gasteiger partial charge in [0, 0.05) is 13.2 Å². The molecule has 0 N–H and O–H groups in total. The lowest BCUT2D eigenvalue weighted by Gasteiger charge is -2.31. The van der Waals surface area contributed by atoms with Crippen molar-refractivity contribution in [3.05, 3.63) is 60.7 Å². The molecule has 2 nitrogen and oxygen atoms in total. The van der Waals surface area contributed by atoms with Gasteiger partial charge in [0.1, 0.15) is 0 Å². The minimum atomic E-state index is -2.68. The summed E-state index contributed by atoms with van der Waals surface area (Å²) in [6.45, 7) is 6.06. The molecule has 0 saturated heterocycles. The SMILES string of the molecule is CCCCCCCO[Si](OCCCCCCC)(c1ccccc1)c1ccccc1. The van der Waals surface area contributed by atoms with Crippen LogP contribution in [0.4, 0.5) is 0 Å². The maximum Gasteiger partial charge on any atom is 0.407 e. The summed E-state index contributed by atoms with van der Waals surface area (Å²) in [5.41, 5.74) is 0. The second-order valence-corrected chi connectivity index (χ2v) is 10.8. The minimum absolute atomic E-state index is 0.773.